The summed E-state index contributed by atoms with van der Waals surface area (Å²) >= 11 is 0. The molecule has 1 aromatic carbocycles. The number of aromatic nitrogens is 4. The van der Waals surface area contributed by atoms with Crippen molar-refractivity contribution >= 4 is 46.6 Å². The normalized spacial score (nSPS) is 20.7. The number of fused-ring (bicyclic) bond motifs is 4. The van der Waals surface area contributed by atoms with E-state index in [0.29, 0.717) is 76.5 Å². The molecule has 9 heterocycles. The van der Waals surface area contributed by atoms with Crippen molar-refractivity contribution in [2.45, 2.75) is 77.9 Å². The van der Waals surface area contributed by atoms with Crippen molar-refractivity contribution in [3.63, 3.8) is 0 Å². The standard InChI is InChI=1S/C50H54FN11O6/c1-50(2)20-30-19-40-49(68)61(17-16-60(40)41(30)21-50)45-37(28-63)34(10-11-52-45)31-18-38(48(67)56(3)23-31)54-42-8-5-32(22-53-42)58-12-14-59(15-13-58)33-25-57(26-33)24-29-4-6-35-36(44(29)51)27-62(47(35)66)39-7-9-43(64)55-46(39)65/h4-6,8,10-11,18-19,22-23,33,39,63H,7,9,12-17,20-21,24-28H2,1-3H3,(H,53,54)(H,55,64,65). The van der Waals surface area contributed by atoms with E-state index < -0.39 is 17.8 Å². The zero-order chi connectivity index (χ0) is 47.2. The fourth-order valence-electron chi connectivity index (χ4n) is 11.3. The third kappa shape index (κ3) is 7.63. The van der Waals surface area contributed by atoms with Gasteiger partial charge in [-0.2, -0.15) is 0 Å². The van der Waals surface area contributed by atoms with E-state index in [4.69, 9.17) is 0 Å². The second-order valence-corrected chi connectivity index (χ2v) is 19.9. The Hall–Kier alpha value is -6.76. The lowest BCUT2D eigenvalue weighted by molar-refractivity contribution is -0.136. The van der Waals surface area contributed by atoms with Crippen molar-refractivity contribution in [3.05, 3.63) is 116 Å². The van der Waals surface area contributed by atoms with E-state index in [0.717, 1.165) is 57.8 Å². The van der Waals surface area contributed by atoms with Gasteiger partial charge in [0.05, 0.1) is 25.0 Å². The Balaban J connectivity index is 0.700. The molecule has 11 rings (SSSR count). The number of halogens is 1. The third-order valence-corrected chi connectivity index (χ3v) is 14.8. The number of aliphatic hydroxyl groups excluding tert-OH is 1. The number of piperidine rings is 1. The predicted octanol–water partition coefficient (Wildman–Crippen LogP) is 3.57. The quantitative estimate of drug-likeness (QED) is 0.174. The SMILES string of the molecule is Cn1cc(-c2ccnc(N3CCn4c(cc5c4CC(C)(C)C5)C3=O)c2CO)cc(Nc2ccc(N3CCN(C4CN(Cc5ccc6c(c5F)CN(C5CCC(=O)NC5=O)C6=O)C4)CC3)cn2)c1=O. The maximum Gasteiger partial charge on any atom is 0.276 e. The summed E-state index contributed by atoms with van der Waals surface area (Å²) < 4.78 is 19.5. The fraction of sp³-hybridized carbons (Fsp3) is 0.420. The maximum absolute atomic E-state index is 15.8. The van der Waals surface area contributed by atoms with Crippen LogP contribution in [0.25, 0.3) is 11.1 Å². The Labute approximate surface area is 392 Å². The highest BCUT2D eigenvalue weighted by Crippen LogP contribution is 2.40. The summed E-state index contributed by atoms with van der Waals surface area (Å²) in [5.74, 6) is -0.888. The lowest BCUT2D eigenvalue weighted by Gasteiger charge is -2.48. The summed E-state index contributed by atoms with van der Waals surface area (Å²) in [6.07, 6.45) is 7.41. The summed E-state index contributed by atoms with van der Waals surface area (Å²) in [7, 11) is 1.68. The molecule has 0 saturated carbocycles. The first-order chi connectivity index (χ1) is 32.7. The highest BCUT2D eigenvalue weighted by Gasteiger charge is 2.42. The molecule has 1 atom stereocenters. The van der Waals surface area contributed by atoms with E-state index in [2.05, 4.69) is 53.7 Å². The molecule has 3 saturated heterocycles. The lowest BCUT2D eigenvalue weighted by Crippen LogP contribution is -2.62. The molecule has 6 aliphatic rings. The maximum atomic E-state index is 15.8. The molecule has 0 spiro atoms. The largest absolute Gasteiger partial charge is 0.392 e. The van der Waals surface area contributed by atoms with E-state index in [1.54, 1.807) is 54.8 Å². The average Bonchev–Trinajstić information content (AvgIpc) is 3.94. The molecule has 68 heavy (non-hydrogen) atoms. The summed E-state index contributed by atoms with van der Waals surface area (Å²) in [6, 6.07) is 12.3. The Morgan fingerprint density at radius 3 is 2.47 bits per heavy atom. The van der Waals surface area contributed by atoms with Crippen LogP contribution in [0.5, 0.6) is 0 Å². The highest BCUT2D eigenvalue weighted by atomic mass is 19.1. The van der Waals surface area contributed by atoms with Crippen molar-refractivity contribution in [2.75, 3.05) is 60.9 Å². The van der Waals surface area contributed by atoms with Crippen LogP contribution >= 0.6 is 0 Å². The summed E-state index contributed by atoms with van der Waals surface area (Å²) in [6.45, 7) is 10.6. The molecule has 3 N–H and O–H groups in total. The van der Waals surface area contributed by atoms with Crippen molar-refractivity contribution in [3.8, 4) is 11.1 Å². The number of hydrogen-bond acceptors (Lipinski definition) is 12. The average molecular weight is 924 g/mol. The smallest absolute Gasteiger partial charge is 0.276 e. The summed E-state index contributed by atoms with van der Waals surface area (Å²) in [5, 5.41) is 16.3. The van der Waals surface area contributed by atoms with Crippen LogP contribution in [-0.2, 0) is 55.7 Å². The van der Waals surface area contributed by atoms with Crippen LogP contribution in [-0.4, -0.2) is 120 Å². The number of nitrogens with zero attached hydrogens (tertiary/aromatic N) is 9. The number of likely N-dealkylation sites (tertiary alicyclic amines) is 1. The number of hydrogen-bond donors (Lipinski definition) is 3. The van der Waals surface area contributed by atoms with E-state index >= 15 is 4.39 Å². The van der Waals surface area contributed by atoms with Crippen molar-refractivity contribution in [2.24, 2.45) is 12.5 Å². The molecule has 5 aliphatic heterocycles. The van der Waals surface area contributed by atoms with E-state index in [1.807, 2.05) is 18.2 Å². The lowest BCUT2D eigenvalue weighted by atomic mass is 9.90. The number of aryl methyl sites for hydroxylation is 1. The molecule has 0 bridgehead atoms. The molecule has 17 nitrogen and oxygen atoms in total. The number of carbonyl (C=O) groups is 4. The van der Waals surface area contributed by atoms with Gasteiger partial charge in [-0.25, -0.2) is 14.4 Å². The second kappa shape index (κ2) is 16.8. The number of piperazine rings is 1. The Morgan fingerprint density at radius 2 is 1.72 bits per heavy atom. The molecule has 1 aliphatic carbocycles. The van der Waals surface area contributed by atoms with Gasteiger partial charge in [0.1, 0.15) is 34.9 Å². The molecule has 1 unspecified atom stereocenters. The highest BCUT2D eigenvalue weighted by molar-refractivity contribution is 6.07. The number of aliphatic hydroxyl groups is 1. The van der Waals surface area contributed by atoms with Gasteiger partial charge in [-0.05, 0) is 72.2 Å². The number of rotatable bonds is 10. The van der Waals surface area contributed by atoms with Crippen LogP contribution in [0, 0.1) is 11.2 Å². The minimum absolute atomic E-state index is 0.0118. The summed E-state index contributed by atoms with van der Waals surface area (Å²) in [5.41, 5.74) is 7.29. The van der Waals surface area contributed by atoms with Crippen molar-refractivity contribution in [1.29, 1.82) is 0 Å². The first-order valence-corrected chi connectivity index (χ1v) is 23.5. The van der Waals surface area contributed by atoms with Crippen LogP contribution < -0.4 is 26.0 Å². The first-order valence-electron chi connectivity index (χ1n) is 23.5. The predicted molar refractivity (Wildman–Crippen MR) is 251 cm³/mol. The third-order valence-electron chi connectivity index (χ3n) is 14.8. The van der Waals surface area contributed by atoms with Gasteiger partial charge in [0.15, 0.2) is 0 Å². The minimum Gasteiger partial charge on any atom is -0.392 e. The molecule has 5 aromatic rings. The zero-order valence-corrected chi connectivity index (χ0v) is 38.4. The van der Waals surface area contributed by atoms with Crippen molar-refractivity contribution < 1.29 is 28.7 Å². The number of pyridine rings is 3. The van der Waals surface area contributed by atoms with E-state index in [9.17, 15) is 29.1 Å². The monoisotopic (exact) mass is 923 g/mol. The molecule has 4 aromatic heterocycles. The molecule has 352 valence electrons. The Morgan fingerprint density at radius 1 is 0.912 bits per heavy atom. The Bertz CT molecular complexity index is 2970. The number of imide groups is 1. The van der Waals surface area contributed by atoms with Crippen LogP contribution in [0.1, 0.15) is 75.5 Å². The molecular formula is C50H54FN11O6. The minimum atomic E-state index is -0.784. The molecule has 4 amide bonds. The molecular weight excluding hydrogens is 870 g/mol. The Kier molecular flexibility index (Phi) is 10.8. The van der Waals surface area contributed by atoms with E-state index in [-0.39, 0.29) is 60.3 Å². The van der Waals surface area contributed by atoms with E-state index in [1.165, 1.54) is 20.7 Å². The van der Waals surface area contributed by atoms with Gasteiger partial charge in [-0.1, -0.05) is 19.9 Å². The number of amides is 4. The topological polar surface area (TPSA) is 181 Å². The molecule has 3 fully saturated rings. The van der Waals surface area contributed by atoms with Gasteiger partial charge < -0.3 is 29.4 Å². The second-order valence-electron chi connectivity index (χ2n) is 19.9. The summed E-state index contributed by atoms with van der Waals surface area (Å²) in [4.78, 5) is 83.9. The molecule has 18 heteroatoms. The number of benzene rings is 1. The molecule has 0 radical (unpaired) electrons. The van der Waals surface area contributed by atoms with Gasteiger partial charge in [-0.3, -0.25) is 44.0 Å². The van der Waals surface area contributed by atoms with Gasteiger partial charge in [0, 0.05) is 124 Å². The van der Waals surface area contributed by atoms with Gasteiger partial charge in [0.2, 0.25) is 11.8 Å². The van der Waals surface area contributed by atoms with Gasteiger partial charge >= 0.3 is 0 Å². The van der Waals surface area contributed by atoms with Gasteiger partial charge in [-0.15, -0.1) is 0 Å². The van der Waals surface area contributed by atoms with Crippen LogP contribution in [0.2, 0.25) is 0 Å². The number of nitrogens with one attached hydrogen (secondary N) is 2. The number of carbonyl (C=O) groups excluding carboxylic acids is 4. The zero-order valence-electron chi connectivity index (χ0n) is 38.4. The van der Waals surface area contributed by atoms with Crippen LogP contribution in [0.15, 0.2) is 65.8 Å². The number of anilines is 4. The van der Waals surface area contributed by atoms with Gasteiger partial charge in [0.25, 0.3) is 17.4 Å². The van der Waals surface area contributed by atoms with Crippen LogP contribution in [0.4, 0.5) is 27.4 Å². The van der Waals surface area contributed by atoms with Crippen LogP contribution in [0.3, 0.4) is 0 Å². The fourth-order valence-corrected chi connectivity index (χ4v) is 11.3. The first kappa shape index (κ1) is 43.8. The van der Waals surface area contributed by atoms with Crippen molar-refractivity contribution in [1.82, 2.24) is 39.1 Å².